The van der Waals surface area contributed by atoms with Crippen molar-refractivity contribution in [2.24, 2.45) is 10.9 Å². The van der Waals surface area contributed by atoms with Gasteiger partial charge in [-0.05, 0) is 36.5 Å². The number of rotatable bonds is 9. The molecule has 0 saturated carbocycles. The molecule has 0 radical (unpaired) electrons. The zero-order chi connectivity index (χ0) is 17.1. The first-order valence-electron chi connectivity index (χ1n) is 8.22. The van der Waals surface area contributed by atoms with Crippen LogP contribution >= 0.6 is 24.0 Å². The minimum atomic E-state index is 0. The fraction of sp³-hybridized carbons (Fsp3) is 0.611. The summed E-state index contributed by atoms with van der Waals surface area (Å²) in [7, 11) is 3.47. The van der Waals surface area contributed by atoms with Gasteiger partial charge in [-0.1, -0.05) is 26.0 Å². The monoisotopic (exact) mass is 449 g/mol. The zero-order valence-corrected chi connectivity index (χ0v) is 17.8. The maximum atomic E-state index is 5.56. The lowest BCUT2D eigenvalue weighted by Crippen LogP contribution is -2.37. The molecule has 0 fully saturated rings. The molecule has 0 bridgehead atoms. The molecule has 1 aromatic carbocycles. The molecule has 0 atom stereocenters. The minimum absolute atomic E-state index is 0. The molecule has 24 heavy (non-hydrogen) atoms. The Hall–Kier alpha value is -1.02. The van der Waals surface area contributed by atoms with E-state index in [0.29, 0.717) is 5.92 Å². The first-order chi connectivity index (χ1) is 11.1. The van der Waals surface area contributed by atoms with Gasteiger partial charge in [0.25, 0.3) is 0 Å². The number of ether oxygens (including phenoxy) is 2. The largest absolute Gasteiger partial charge is 0.496 e. The summed E-state index contributed by atoms with van der Waals surface area (Å²) in [5, 5.41) is 6.62. The Labute approximate surface area is 163 Å². The third kappa shape index (κ3) is 9.32. The molecule has 0 amide bonds. The molecule has 0 heterocycles. The minimum Gasteiger partial charge on any atom is -0.496 e. The SMILES string of the molecule is CN=C(NCCCOCC(C)C)NCc1ccc(OC)c(C)c1.I. The van der Waals surface area contributed by atoms with Gasteiger partial charge in [-0.3, -0.25) is 4.99 Å². The van der Waals surface area contributed by atoms with Gasteiger partial charge in [0.05, 0.1) is 7.11 Å². The smallest absolute Gasteiger partial charge is 0.191 e. The van der Waals surface area contributed by atoms with Crippen LogP contribution in [0, 0.1) is 12.8 Å². The van der Waals surface area contributed by atoms with E-state index in [9.17, 15) is 0 Å². The molecule has 138 valence electrons. The number of nitrogens with zero attached hydrogens (tertiary/aromatic N) is 1. The van der Waals surface area contributed by atoms with E-state index in [-0.39, 0.29) is 24.0 Å². The summed E-state index contributed by atoms with van der Waals surface area (Å²) in [6.45, 7) is 9.54. The van der Waals surface area contributed by atoms with Gasteiger partial charge in [-0.15, -0.1) is 24.0 Å². The number of aryl methyl sites for hydroxylation is 1. The standard InChI is InChI=1S/C18H31N3O2.HI/c1-14(2)13-23-10-6-9-20-18(19-4)21-12-16-7-8-17(22-5)15(3)11-16;/h7-8,11,14H,6,9-10,12-13H2,1-5H3,(H2,19,20,21);1H. The summed E-state index contributed by atoms with van der Waals surface area (Å²) in [5.41, 5.74) is 2.34. The molecule has 0 aliphatic carbocycles. The number of methoxy groups -OCH3 is 1. The lowest BCUT2D eigenvalue weighted by Gasteiger charge is -2.13. The average Bonchev–Trinajstić information content (AvgIpc) is 2.53. The summed E-state index contributed by atoms with van der Waals surface area (Å²) in [4.78, 5) is 4.23. The van der Waals surface area contributed by atoms with E-state index in [1.807, 2.05) is 13.0 Å². The molecule has 6 heteroatoms. The summed E-state index contributed by atoms with van der Waals surface area (Å²) in [6, 6.07) is 6.18. The van der Waals surface area contributed by atoms with E-state index >= 15 is 0 Å². The molecule has 2 N–H and O–H groups in total. The fourth-order valence-corrected chi connectivity index (χ4v) is 2.16. The van der Waals surface area contributed by atoms with Crippen LogP contribution < -0.4 is 15.4 Å². The van der Waals surface area contributed by atoms with Crippen molar-refractivity contribution in [3.63, 3.8) is 0 Å². The Morgan fingerprint density at radius 1 is 1.25 bits per heavy atom. The molecule has 0 unspecified atom stereocenters. The average molecular weight is 449 g/mol. The van der Waals surface area contributed by atoms with Crippen molar-refractivity contribution < 1.29 is 9.47 Å². The van der Waals surface area contributed by atoms with Crippen LogP contribution in [-0.2, 0) is 11.3 Å². The molecule has 0 spiro atoms. The Bertz CT molecular complexity index is 493. The van der Waals surface area contributed by atoms with E-state index in [4.69, 9.17) is 9.47 Å². The third-order valence-corrected chi connectivity index (χ3v) is 3.35. The summed E-state index contributed by atoms with van der Waals surface area (Å²) in [6.07, 6.45) is 0.967. The number of halogens is 1. The van der Waals surface area contributed by atoms with E-state index < -0.39 is 0 Å². The van der Waals surface area contributed by atoms with Gasteiger partial charge >= 0.3 is 0 Å². The molecule has 0 saturated heterocycles. The normalized spacial score (nSPS) is 11.2. The second kappa shape index (κ2) is 13.3. The quantitative estimate of drug-likeness (QED) is 0.263. The molecule has 1 aromatic rings. The Kier molecular flexibility index (Phi) is 12.7. The molecule has 1 rings (SSSR count). The van der Waals surface area contributed by atoms with Crippen LogP contribution in [-0.4, -0.2) is 39.9 Å². The lowest BCUT2D eigenvalue weighted by molar-refractivity contribution is 0.108. The van der Waals surface area contributed by atoms with Crippen LogP contribution in [0.5, 0.6) is 5.75 Å². The van der Waals surface area contributed by atoms with Crippen molar-refractivity contribution in [3.8, 4) is 5.75 Å². The van der Waals surface area contributed by atoms with Crippen molar-refractivity contribution in [2.75, 3.05) is 33.9 Å². The Morgan fingerprint density at radius 2 is 2.00 bits per heavy atom. The van der Waals surface area contributed by atoms with Gasteiger partial charge < -0.3 is 20.1 Å². The molecule has 0 aliphatic rings. The number of nitrogens with one attached hydrogen (secondary N) is 2. The van der Waals surface area contributed by atoms with Gasteiger partial charge in [-0.2, -0.15) is 0 Å². The van der Waals surface area contributed by atoms with E-state index in [2.05, 4.69) is 41.6 Å². The number of hydrogen-bond donors (Lipinski definition) is 2. The molecular weight excluding hydrogens is 417 g/mol. The Morgan fingerprint density at radius 3 is 2.58 bits per heavy atom. The fourth-order valence-electron chi connectivity index (χ4n) is 2.16. The predicted molar refractivity (Wildman–Crippen MR) is 112 cm³/mol. The van der Waals surface area contributed by atoms with Gasteiger partial charge in [0, 0.05) is 33.4 Å². The van der Waals surface area contributed by atoms with E-state index in [1.54, 1.807) is 14.2 Å². The van der Waals surface area contributed by atoms with Crippen LogP contribution in [0.2, 0.25) is 0 Å². The summed E-state index contributed by atoms with van der Waals surface area (Å²) >= 11 is 0. The van der Waals surface area contributed by atoms with Crippen LogP contribution in [0.15, 0.2) is 23.2 Å². The number of aliphatic imine (C=N–C) groups is 1. The van der Waals surface area contributed by atoms with E-state index in [0.717, 1.165) is 50.0 Å². The van der Waals surface area contributed by atoms with Crippen LogP contribution in [0.3, 0.4) is 0 Å². The highest BCUT2D eigenvalue weighted by molar-refractivity contribution is 14.0. The molecular formula is C18H32IN3O2. The van der Waals surface area contributed by atoms with Crippen molar-refractivity contribution >= 4 is 29.9 Å². The van der Waals surface area contributed by atoms with Crippen molar-refractivity contribution in [2.45, 2.75) is 33.7 Å². The van der Waals surface area contributed by atoms with Crippen molar-refractivity contribution in [3.05, 3.63) is 29.3 Å². The topological polar surface area (TPSA) is 54.9 Å². The summed E-state index contributed by atoms with van der Waals surface area (Å²) in [5.74, 6) is 2.31. The van der Waals surface area contributed by atoms with Gasteiger partial charge in [-0.25, -0.2) is 0 Å². The summed E-state index contributed by atoms with van der Waals surface area (Å²) < 4.78 is 10.8. The third-order valence-electron chi connectivity index (χ3n) is 3.35. The van der Waals surface area contributed by atoms with Crippen molar-refractivity contribution in [1.29, 1.82) is 0 Å². The maximum absolute atomic E-state index is 5.56. The number of hydrogen-bond acceptors (Lipinski definition) is 3. The maximum Gasteiger partial charge on any atom is 0.191 e. The zero-order valence-electron chi connectivity index (χ0n) is 15.5. The van der Waals surface area contributed by atoms with Crippen molar-refractivity contribution in [1.82, 2.24) is 10.6 Å². The van der Waals surface area contributed by atoms with Crippen LogP contribution in [0.1, 0.15) is 31.4 Å². The second-order valence-corrected chi connectivity index (χ2v) is 5.98. The lowest BCUT2D eigenvalue weighted by atomic mass is 10.1. The highest BCUT2D eigenvalue weighted by Gasteiger charge is 2.02. The van der Waals surface area contributed by atoms with Crippen LogP contribution in [0.25, 0.3) is 0 Å². The van der Waals surface area contributed by atoms with Gasteiger partial charge in [0.2, 0.25) is 0 Å². The molecule has 5 nitrogen and oxygen atoms in total. The number of benzene rings is 1. The first-order valence-corrected chi connectivity index (χ1v) is 8.22. The van der Waals surface area contributed by atoms with Gasteiger partial charge in [0.15, 0.2) is 5.96 Å². The van der Waals surface area contributed by atoms with E-state index in [1.165, 1.54) is 5.56 Å². The predicted octanol–water partition coefficient (Wildman–Crippen LogP) is 3.35. The molecule has 0 aromatic heterocycles. The Balaban J connectivity index is 0.00000529. The first kappa shape index (κ1) is 23.0. The molecule has 0 aliphatic heterocycles. The second-order valence-electron chi connectivity index (χ2n) is 5.98. The van der Waals surface area contributed by atoms with Gasteiger partial charge in [0.1, 0.15) is 5.75 Å². The highest BCUT2D eigenvalue weighted by atomic mass is 127. The van der Waals surface area contributed by atoms with Crippen LogP contribution in [0.4, 0.5) is 0 Å². The highest BCUT2D eigenvalue weighted by Crippen LogP contribution is 2.18. The number of guanidine groups is 1.